The third kappa shape index (κ3) is 8.09. The Morgan fingerprint density at radius 3 is 1.75 bits per heavy atom. The predicted octanol–water partition coefficient (Wildman–Crippen LogP) is 4.25. The highest BCUT2D eigenvalue weighted by molar-refractivity contribution is 5.67. The Morgan fingerprint density at radius 2 is 1.44 bits per heavy atom. The lowest BCUT2D eigenvalue weighted by Crippen LogP contribution is -2.15. The largest absolute Gasteiger partial charge is 0.461 e. The van der Waals surface area contributed by atoms with Crippen LogP contribution in [-0.4, -0.2) is 11.0 Å². The minimum absolute atomic E-state index is 0.906. The fourth-order valence-electron chi connectivity index (χ4n) is 1.19. The second kappa shape index (κ2) is 10.3. The maximum atomic E-state index is 10.7. The molecular weight excluding hydrogens is 202 g/mol. The van der Waals surface area contributed by atoms with E-state index < -0.39 is 6.09 Å². The Hall–Kier alpha value is -1.25. The van der Waals surface area contributed by atoms with E-state index in [0.717, 1.165) is 43.4 Å². The first-order valence-corrected chi connectivity index (χ1v) is 6.05. The van der Waals surface area contributed by atoms with E-state index in [1.54, 1.807) is 12.4 Å². The molecule has 0 bridgehead atoms. The first kappa shape index (κ1) is 14.8. The molecule has 3 heteroatoms. The Kier molecular flexibility index (Phi) is 9.47. The summed E-state index contributed by atoms with van der Waals surface area (Å²) in [5.41, 5.74) is 0. The number of nitrogens with zero attached hydrogens (tertiary/aromatic N) is 1. The number of allylic oxidation sites excluding steroid dienone is 2. The van der Waals surface area contributed by atoms with E-state index in [1.807, 2.05) is 12.2 Å². The van der Waals surface area contributed by atoms with Gasteiger partial charge in [0.1, 0.15) is 0 Å². The Bertz CT molecular complexity index is 216. The van der Waals surface area contributed by atoms with Gasteiger partial charge in [0.25, 0.3) is 0 Å². The van der Waals surface area contributed by atoms with Gasteiger partial charge in [-0.3, -0.25) is 4.90 Å². The van der Waals surface area contributed by atoms with Crippen molar-refractivity contribution in [3.63, 3.8) is 0 Å². The summed E-state index contributed by atoms with van der Waals surface area (Å²) in [5, 5.41) is 10.7. The molecule has 0 atom stereocenters. The lowest BCUT2D eigenvalue weighted by Gasteiger charge is -2.06. The topological polar surface area (TPSA) is 40.2 Å². The molecule has 0 aromatic heterocycles. The maximum absolute atomic E-state index is 10.7. The fourth-order valence-corrected chi connectivity index (χ4v) is 1.19. The molecule has 0 rings (SSSR count). The van der Waals surface area contributed by atoms with Gasteiger partial charge in [-0.2, -0.15) is 0 Å². The lowest BCUT2D eigenvalue weighted by molar-refractivity contribution is 0.148. The van der Waals surface area contributed by atoms with Crippen LogP contribution in [0.15, 0.2) is 24.6 Å². The van der Waals surface area contributed by atoms with Crippen molar-refractivity contribution in [2.24, 2.45) is 0 Å². The first-order chi connectivity index (χ1) is 7.72. The van der Waals surface area contributed by atoms with Crippen LogP contribution in [0, 0.1) is 0 Å². The van der Waals surface area contributed by atoms with Gasteiger partial charge in [0.05, 0.1) is 0 Å². The molecule has 3 nitrogen and oxygen atoms in total. The second-order valence-corrected chi connectivity index (χ2v) is 3.73. The van der Waals surface area contributed by atoms with E-state index in [-0.39, 0.29) is 0 Å². The minimum Gasteiger partial charge on any atom is -0.258 e. The van der Waals surface area contributed by atoms with Gasteiger partial charge in [0.2, 0.25) is 0 Å². The van der Waals surface area contributed by atoms with Crippen LogP contribution < -0.4 is 0 Å². The van der Waals surface area contributed by atoms with E-state index in [1.165, 1.54) is 0 Å². The molecule has 91 valence electrons. The molecule has 0 aliphatic rings. The van der Waals surface area contributed by atoms with Crippen molar-refractivity contribution in [1.29, 1.82) is 0 Å². The van der Waals surface area contributed by atoms with E-state index in [0.29, 0.717) is 0 Å². The summed E-state index contributed by atoms with van der Waals surface area (Å²) in [7, 11) is 0. The predicted molar refractivity (Wildman–Crippen MR) is 65.3 cm³/mol. The molecule has 0 heterocycles. The summed E-state index contributed by atoms with van der Waals surface area (Å²) < 4.78 is 0. The van der Waals surface area contributed by atoms with Crippen molar-refractivity contribution < 1.29 is 9.90 Å². The second-order valence-electron chi connectivity index (χ2n) is 3.73. The van der Waals surface area contributed by atoms with E-state index in [9.17, 15) is 9.90 Å². The Balaban J connectivity index is 4.01. The van der Waals surface area contributed by atoms with E-state index in [4.69, 9.17) is 0 Å². The van der Waals surface area contributed by atoms with Crippen molar-refractivity contribution >= 4 is 6.09 Å². The number of hydrogen-bond donors (Lipinski definition) is 0. The third-order valence-corrected chi connectivity index (χ3v) is 2.19. The molecule has 0 spiro atoms. The lowest BCUT2D eigenvalue weighted by atomic mass is 10.2. The zero-order chi connectivity index (χ0) is 12.2. The van der Waals surface area contributed by atoms with Crippen LogP contribution in [0.4, 0.5) is 4.79 Å². The van der Waals surface area contributed by atoms with Crippen LogP contribution in [0.5, 0.6) is 0 Å². The Morgan fingerprint density at radius 1 is 1.00 bits per heavy atom. The van der Waals surface area contributed by atoms with Gasteiger partial charge in [-0.15, -0.1) is 0 Å². The summed E-state index contributed by atoms with van der Waals surface area (Å²) in [4.78, 5) is 11.8. The number of carbonyl (C=O) groups is 1. The van der Waals surface area contributed by atoms with Gasteiger partial charge in [0.15, 0.2) is 0 Å². The molecule has 0 N–H and O–H groups in total. The zero-order valence-corrected chi connectivity index (χ0v) is 10.3. The van der Waals surface area contributed by atoms with Gasteiger partial charge in [-0.05, 0) is 12.8 Å². The maximum Gasteiger partial charge on any atom is 0.461 e. The number of unbranched alkanes of at least 4 members (excludes halogenated alkanes) is 4. The van der Waals surface area contributed by atoms with Crippen LogP contribution in [0.2, 0.25) is 0 Å². The molecule has 0 aromatic rings. The molecule has 0 unspecified atom stereocenters. The number of amides is 1. The average Bonchev–Trinajstić information content (AvgIpc) is 2.26. The van der Waals surface area contributed by atoms with Crippen LogP contribution in [0.1, 0.15) is 52.4 Å². The van der Waals surface area contributed by atoms with Crippen LogP contribution in [0.3, 0.4) is 0 Å². The van der Waals surface area contributed by atoms with Gasteiger partial charge in [0, 0.05) is 12.4 Å². The van der Waals surface area contributed by atoms with Crippen molar-refractivity contribution in [3.05, 3.63) is 24.6 Å². The highest BCUT2D eigenvalue weighted by Crippen LogP contribution is 2.01. The zero-order valence-electron chi connectivity index (χ0n) is 10.3. The summed E-state index contributed by atoms with van der Waals surface area (Å²) in [6, 6.07) is 0. The van der Waals surface area contributed by atoms with Crippen molar-refractivity contribution in [2.75, 3.05) is 0 Å². The first-order valence-electron chi connectivity index (χ1n) is 6.05. The molecule has 0 saturated heterocycles. The molecule has 0 aliphatic heterocycles. The molecular formula is C13H22NO2. The summed E-state index contributed by atoms with van der Waals surface area (Å²) in [6.07, 6.45) is 11.9. The number of hydrogen-bond acceptors (Lipinski definition) is 1. The van der Waals surface area contributed by atoms with Crippen LogP contribution in [0.25, 0.3) is 0 Å². The van der Waals surface area contributed by atoms with Gasteiger partial charge < -0.3 is 0 Å². The molecule has 0 fully saturated rings. The molecule has 0 aromatic carbocycles. The Labute approximate surface area is 98.5 Å². The van der Waals surface area contributed by atoms with Gasteiger partial charge in [-0.1, -0.05) is 51.7 Å². The normalized spacial score (nSPS) is 11.4. The molecule has 16 heavy (non-hydrogen) atoms. The van der Waals surface area contributed by atoms with Crippen molar-refractivity contribution in [2.45, 2.75) is 52.4 Å². The molecule has 0 aliphatic carbocycles. The van der Waals surface area contributed by atoms with E-state index in [2.05, 4.69) is 13.8 Å². The van der Waals surface area contributed by atoms with Gasteiger partial charge in [-0.25, -0.2) is 9.90 Å². The fraction of sp³-hybridized carbons (Fsp3) is 0.615. The highest BCUT2D eigenvalue weighted by atomic mass is 16.4. The quantitative estimate of drug-likeness (QED) is 0.568. The standard InChI is InChI=1S/C13H22NO2/c1-3-5-7-9-11-14(13(15)16)12-10-8-6-4-2/h9-12H,3-8H2,1-2H3. The highest BCUT2D eigenvalue weighted by Gasteiger charge is 2.04. The summed E-state index contributed by atoms with van der Waals surface area (Å²) >= 11 is 0. The minimum atomic E-state index is -1.18. The van der Waals surface area contributed by atoms with Crippen LogP contribution in [-0.2, 0) is 5.11 Å². The SMILES string of the molecule is CCCCC=CN(C=CCCCC)C([O])=O. The van der Waals surface area contributed by atoms with Crippen molar-refractivity contribution in [1.82, 2.24) is 4.90 Å². The van der Waals surface area contributed by atoms with Crippen LogP contribution >= 0.6 is 0 Å². The summed E-state index contributed by atoms with van der Waals surface area (Å²) in [5.74, 6) is 0. The van der Waals surface area contributed by atoms with Gasteiger partial charge >= 0.3 is 6.09 Å². The van der Waals surface area contributed by atoms with Crippen molar-refractivity contribution in [3.8, 4) is 0 Å². The molecule has 1 radical (unpaired) electrons. The smallest absolute Gasteiger partial charge is 0.258 e. The number of rotatable bonds is 8. The average molecular weight is 224 g/mol. The summed E-state index contributed by atoms with van der Waals surface area (Å²) in [6.45, 7) is 4.21. The molecule has 0 saturated carbocycles. The monoisotopic (exact) mass is 224 g/mol. The molecule has 1 amide bonds. The van der Waals surface area contributed by atoms with E-state index >= 15 is 0 Å². The number of carbonyl (C=O) groups excluding carboxylic acids is 1. The third-order valence-electron chi connectivity index (χ3n) is 2.19.